The lowest BCUT2D eigenvalue weighted by Crippen LogP contribution is -2.31. The van der Waals surface area contributed by atoms with E-state index in [4.69, 9.17) is 0 Å². The molecule has 0 spiro atoms. The Bertz CT molecular complexity index is 298. The number of hydrogen-bond donors (Lipinski definition) is 1. The van der Waals surface area contributed by atoms with Gasteiger partial charge in [-0.1, -0.05) is 46.3 Å². The van der Waals surface area contributed by atoms with Crippen molar-refractivity contribution in [2.45, 2.75) is 53.6 Å². The normalized spacial score (nSPS) is 42.3. The van der Waals surface area contributed by atoms with E-state index in [-0.39, 0.29) is 16.9 Å². The van der Waals surface area contributed by atoms with Gasteiger partial charge in [-0.25, -0.2) is 0 Å². The van der Waals surface area contributed by atoms with Gasteiger partial charge in [-0.3, -0.25) is 0 Å². The van der Waals surface area contributed by atoms with E-state index in [0.29, 0.717) is 11.8 Å². The van der Waals surface area contributed by atoms with Crippen LogP contribution in [-0.4, -0.2) is 11.2 Å². The van der Waals surface area contributed by atoms with Crippen LogP contribution in [0.4, 0.5) is 0 Å². The van der Waals surface area contributed by atoms with Crippen LogP contribution in [0, 0.1) is 22.7 Å². The van der Waals surface area contributed by atoms with Gasteiger partial charge in [-0.05, 0) is 29.6 Å². The van der Waals surface area contributed by atoms with Crippen molar-refractivity contribution in [3.05, 3.63) is 11.6 Å². The zero-order valence-corrected chi connectivity index (χ0v) is 10.7. The van der Waals surface area contributed by atoms with Crippen LogP contribution in [0.3, 0.4) is 0 Å². The minimum Gasteiger partial charge on any atom is -0.392 e. The summed E-state index contributed by atoms with van der Waals surface area (Å²) in [5.41, 5.74) is 2.03. The summed E-state index contributed by atoms with van der Waals surface area (Å²) in [6.07, 6.45) is 4.29. The van der Waals surface area contributed by atoms with E-state index in [2.05, 4.69) is 40.7 Å². The van der Waals surface area contributed by atoms with E-state index in [1.54, 1.807) is 0 Å². The van der Waals surface area contributed by atoms with Crippen molar-refractivity contribution in [2.75, 3.05) is 0 Å². The van der Waals surface area contributed by atoms with Crippen LogP contribution in [0.5, 0.6) is 0 Å². The summed E-state index contributed by atoms with van der Waals surface area (Å²) in [6, 6.07) is 0. The summed E-state index contributed by atoms with van der Waals surface area (Å²) in [6.45, 7) is 11.7. The van der Waals surface area contributed by atoms with E-state index >= 15 is 0 Å². The Hall–Kier alpha value is -0.300. The fraction of sp³-hybridized carbons (Fsp3) is 0.857. The van der Waals surface area contributed by atoms with Crippen molar-refractivity contribution in [1.82, 2.24) is 0 Å². The number of hydrogen-bond acceptors (Lipinski definition) is 1. The van der Waals surface area contributed by atoms with Crippen LogP contribution in [0.1, 0.15) is 47.5 Å². The van der Waals surface area contributed by atoms with E-state index in [0.717, 1.165) is 12.8 Å². The molecule has 3 unspecified atom stereocenters. The second-order valence-electron chi connectivity index (χ2n) is 6.47. The maximum Gasteiger partial charge on any atom is 0.0611 e. The van der Waals surface area contributed by atoms with Gasteiger partial charge in [0, 0.05) is 5.92 Å². The number of aliphatic hydroxyl groups is 1. The second-order valence-corrected chi connectivity index (χ2v) is 6.47. The molecule has 1 nitrogen and oxygen atoms in total. The van der Waals surface area contributed by atoms with E-state index in [1.807, 2.05) is 0 Å². The van der Waals surface area contributed by atoms with Gasteiger partial charge < -0.3 is 5.11 Å². The van der Waals surface area contributed by atoms with Crippen LogP contribution < -0.4 is 0 Å². The van der Waals surface area contributed by atoms with Crippen LogP contribution >= 0.6 is 0 Å². The molecule has 1 fully saturated rings. The average molecular weight is 208 g/mol. The van der Waals surface area contributed by atoms with Gasteiger partial charge in [0.1, 0.15) is 0 Å². The minimum atomic E-state index is -0.110. The Morgan fingerprint density at radius 2 is 1.87 bits per heavy atom. The largest absolute Gasteiger partial charge is 0.392 e. The summed E-state index contributed by atoms with van der Waals surface area (Å²) >= 11 is 0. The van der Waals surface area contributed by atoms with Gasteiger partial charge in [-0.2, -0.15) is 0 Å². The highest BCUT2D eigenvalue weighted by Gasteiger charge is 2.57. The topological polar surface area (TPSA) is 20.2 Å². The third-order valence-electron chi connectivity index (χ3n) is 5.61. The molecule has 1 N–H and O–H groups in total. The molecule has 0 heterocycles. The van der Waals surface area contributed by atoms with Crippen molar-refractivity contribution < 1.29 is 5.11 Å². The van der Waals surface area contributed by atoms with E-state index in [9.17, 15) is 5.11 Å². The van der Waals surface area contributed by atoms with Crippen molar-refractivity contribution in [3.8, 4) is 0 Å². The third-order valence-corrected chi connectivity index (χ3v) is 5.61. The molecule has 0 aromatic heterocycles. The van der Waals surface area contributed by atoms with Gasteiger partial charge in [0.25, 0.3) is 0 Å². The molecule has 0 aromatic rings. The van der Waals surface area contributed by atoms with Crippen LogP contribution in [-0.2, 0) is 0 Å². The number of fused-ring (bicyclic) bond motifs is 1. The molecule has 0 aliphatic heterocycles. The molecule has 0 aromatic carbocycles. The van der Waals surface area contributed by atoms with Crippen LogP contribution in [0.25, 0.3) is 0 Å². The first-order chi connectivity index (χ1) is 6.80. The Labute approximate surface area is 93.6 Å². The fourth-order valence-corrected chi connectivity index (χ4v) is 3.60. The summed E-state index contributed by atoms with van der Waals surface area (Å²) in [4.78, 5) is 0. The lowest BCUT2D eigenvalue weighted by molar-refractivity contribution is 0.0628. The van der Waals surface area contributed by atoms with Crippen molar-refractivity contribution >= 4 is 0 Å². The monoisotopic (exact) mass is 208 g/mol. The summed E-state index contributed by atoms with van der Waals surface area (Å²) in [5, 5.41) is 10.2. The average Bonchev–Trinajstić information content (AvgIpc) is 2.27. The van der Waals surface area contributed by atoms with Crippen molar-refractivity contribution in [2.24, 2.45) is 22.7 Å². The number of aliphatic hydroxyl groups excluding tert-OH is 1. The minimum absolute atomic E-state index is 0.110. The first-order valence-corrected chi connectivity index (χ1v) is 6.18. The predicted molar refractivity (Wildman–Crippen MR) is 63.5 cm³/mol. The zero-order chi connectivity index (χ0) is 11.4. The van der Waals surface area contributed by atoms with Gasteiger partial charge in [-0.15, -0.1) is 0 Å². The van der Waals surface area contributed by atoms with Crippen molar-refractivity contribution in [3.63, 3.8) is 0 Å². The smallest absolute Gasteiger partial charge is 0.0611 e. The maximum atomic E-state index is 10.2. The lowest BCUT2D eigenvalue weighted by atomic mass is 9.66. The molecule has 86 valence electrons. The maximum absolute atomic E-state index is 10.2. The molecule has 0 radical (unpaired) electrons. The zero-order valence-electron chi connectivity index (χ0n) is 10.7. The highest BCUT2D eigenvalue weighted by molar-refractivity contribution is 5.30. The first-order valence-electron chi connectivity index (χ1n) is 6.18. The molecule has 0 amide bonds. The molecule has 1 heteroatoms. The number of rotatable bonds is 0. The summed E-state index contributed by atoms with van der Waals surface area (Å²) in [7, 11) is 0. The molecule has 3 atom stereocenters. The molecule has 2 aliphatic carbocycles. The lowest BCUT2D eigenvalue weighted by Gasteiger charge is -2.38. The molecule has 0 bridgehead atoms. The molecular formula is C14H24O. The number of allylic oxidation sites excluding steroid dienone is 1. The van der Waals surface area contributed by atoms with E-state index in [1.165, 1.54) is 5.57 Å². The Morgan fingerprint density at radius 1 is 1.27 bits per heavy atom. The van der Waals surface area contributed by atoms with E-state index < -0.39 is 0 Å². The third kappa shape index (κ3) is 1.25. The first kappa shape index (κ1) is 11.2. The second kappa shape index (κ2) is 3.10. The standard InChI is InChI=1S/C14H24O/c1-9-12-10(7-6-8-11(12)15)14(4,5)13(9,2)3/h7,9,11-12,15H,6,8H2,1-5H3. The highest BCUT2D eigenvalue weighted by Crippen LogP contribution is 2.63. The quantitative estimate of drug-likeness (QED) is 0.605. The van der Waals surface area contributed by atoms with Crippen molar-refractivity contribution in [1.29, 1.82) is 0 Å². The van der Waals surface area contributed by atoms with Crippen LogP contribution in [0.15, 0.2) is 11.6 Å². The van der Waals surface area contributed by atoms with Crippen LogP contribution in [0.2, 0.25) is 0 Å². The Balaban J connectivity index is 2.50. The predicted octanol–water partition coefficient (Wildman–Crippen LogP) is 3.39. The molecular weight excluding hydrogens is 184 g/mol. The molecule has 1 saturated carbocycles. The summed E-state index contributed by atoms with van der Waals surface area (Å²) in [5.74, 6) is 0.984. The van der Waals surface area contributed by atoms with Gasteiger partial charge in [0.2, 0.25) is 0 Å². The fourth-order valence-electron chi connectivity index (χ4n) is 3.60. The SMILES string of the molecule is CC1C2C(=CCCC2O)C(C)(C)C1(C)C. The molecule has 0 saturated heterocycles. The van der Waals surface area contributed by atoms with Gasteiger partial charge in [0.15, 0.2) is 0 Å². The highest BCUT2D eigenvalue weighted by atomic mass is 16.3. The molecule has 2 aliphatic rings. The molecule has 2 rings (SSSR count). The Kier molecular flexibility index (Phi) is 2.31. The molecule has 15 heavy (non-hydrogen) atoms. The summed E-state index contributed by atoms with van der Waals surface area (Å²) < 4.78 is 0. The van der Waals surface area contributed by atoms with Gasteiger partial charge in [0.05, 0.1) is 6.10 Å². The Morgan fingerprint density at radius 3 is 2.40 bits per heavy atom. The van der Waals surface area contributed by atoms with Gasteiger partial charge >= 0.3 is 0 Å².